The molecule has 0 spiro atoms. The quantitative estimate of drug-likeness (QED) is 0.815. The first-order valence-electron chi connectivity index (χ1n) is 7.30. The lowest BCUT2D eigenvalue weighted by Crippen LogP contribution is -2.38. The molecule has 114 valence electrons. The van der Waals surface area contributed by atoms with Crippen molar-refractivity contribution in [3.8, 4) is 0 Å². The van der Waals surface area contributed by atoms with E-state index in [0.29, 0.717) is 21.5 Å². The highest BCUT2D eigenvalue weighted by atomic mass is 35.5. The normalized spacial score (nSPS) is 15.8. The van der Waals surface area contributed by atoms with Crippen molar-refractivity contribution in [2.24, 2.45) is 0 Å². The molecule has 3 rings (SSSR count). The molecule has 1 aliphatic heterocycles. The van der Waals surface area contributed by atoms with Crippen LogP contribution in [0.3, 0.4) is 0 Å². The topological polar surface area (TPSA) is 33.2 Å². The van der Waals surface area contributed by atoms with Crippen molar-refractivity contribution in [1.29, 1.82) is 0 Å². The van der Waals surface area contributed by atoms with Crippen LogP contribution in [0.1, 0.15) is 34.8 Å². The van der Waals surface area contributed by atoms with E-state index >= 15 is 0 Å². The molecule has 1 saturated heterocycles. The molecular weight excluding hydrogens is 319 g/mol. The van der Waals surface area contributed by atoms with Crippen molar-refractivity contribution in [3.05, 3.63) is 63.9 Å². The van der Waals surface area contributed by atoms with Crippen molar-refractivity contribution in [1.82, 2.24) is 9.88 Å². The molecule has 0 radical (unpaired) electrons. The number of nitrogens with zero attached hydrogens (tertiary/aromatic N) is 2. The number of carbonyl (C=O) groups excluding carboxylic acids is 1. The van der Waals surface area contributed by atoms with E-state index in [1.54, 1.807) is 30.5 Å². The van der Waals surface area contributed by atoms with Crippen LogP contribution in [0.4, 0.5) is 0 Å². The number of amides is 1. The number of carbonyl (C=O) groups is 1. The SMILES string of the molecule is O=C(c1cccc(Cl)c1)N1CCC(c2ccc(Cl)cn2)CC1. The van der Waals surface area contributed by atoms with Crippen molar-refractivity contribution in [3.63, 3.8) is 0 Å². The summed E-state index contributed by atoms with van der Waals surface area (Å²) < 4.78 is 0. The zero-order valence-electron chi connectivity index (χ0n) is 12.0. The Bertz CT molecular complexity index is 665. The highest BCUT2D eigenvalue weighted by Crippen LogP contribution is 2.28. The number of pyridine rings is 1. The molecule has 3 nitrogen and oxygen atoms in total. The van der Waals surface area contributed by atoms with Gasteiger partial charge in [0.05, 0.1) is 5.02 Å². The standard InChI is InChI=1S/C17H16Cl2N2O/c18-14-3-1-2-13(10-14)17(22)21-8-6-12(7-9-21)16-5-4-15(19)11-20-16/h1-5,10-12H,6-9H2. The smallest absolute Gasteiger partial charge is 0.253 e. The van der Waals surface area contributed by atoms with E-state index in [1.807, 2.05) is 17.0 Å². The van der Waals surface area contributed by atoms with Crippen LogP contribution >= 0.6 is 23.2 Å². The van der Waals surface area contributed by atoms with Crippen LogP contribution < -0.4 is 0 Å². The Labute approximate surface area is 139 Å². The molecule has 0 bridgehead atoms. The first-order valence-corrected chi connectivity index (χ1v) is 8.05. The van der Waals surface area contributed by atoms with Gasteiger partial charge in [0.2, 0.25) is 0 Å². The Morgan fingerprint density at radius 3 is 2.50 bits per heavy atom. The fraction of sp³-hybridized carbons (Fsp3) is 0.294. The van der Waals surface area contributed by atoms with Gasteiger partial charge in [0.1, 0.15) is 0 Å². The summed E-state index contributed by atoms with van der Waals surface area (Å²) in [6.45, 7) is 1.47. The molecule has 0 atom stereocenters. The van der Waals surface area contributed by atoms with E-state index in [2.05, 4.69) is 4.98 Å². The third-order valence-corrected chi connectivity index (χ3v) is 4.48. The van der Waals surface area contributed by atoms with Gasteiger partial charge in [-0.1, -0.05) is 29.3 Å². The van der Waals surface area contributed by atoms with Crippen molar-refractivity contribution >= 4 is 29.1 Å². The van der Waals surface area contributed by atoms with Crippen LogP contribution in [0.15, 0.2) is 42.6 Å². The summed E-state index contributed by atoms with van der Waals surface area (Å²) in [7, 11) is 0. The number of halogens is 2. The Balaban J connectivity index is 1.64. The predicted octanol–water partition coefficient (Wildman–Crippen LogP) is 4.41. The maximum Gasteiger partial charge on any atom is 0.253 e. The maximum absolute atomic E-state index is 12.5. The van der Waals surface area contributed by atoms with Crippen LogP contribution in [0, 0.1) is 0 Å². The van der Waals surface area contributed by atoms with Crippen molar-refractivity contribution in [2.45, 2.75) is 18.8 Å². The fourth-order valence-corrected chi connectivity index (χ4v) is 3.11. The second kappa shape index (κ2) is 6.67. The highest BCUT2D eigenvalue weighted by molar-refractivity contribution is 6.31. The van der Waals surface area contributed by atoms with Gasteiger partial charge in [-0.15, -0.1) is 0 Å². The molecule has 1 aromatic heterocycles. The van der Waals surface area contributed by atoms with Crippen LogP contribution in [0.2, 0.25) is 10.0 Å². The molecule has 1 aliphatic rings. The Morgan fingerprint density at radius 2 is 1.86 bits per heavy atom. The van der Waals surface area contributed by atoms with Gasteiger partial charge in [0.15, 0.2) is 0 Å². The van der Waals surface area contributed by atoms with Gasteiger partial charge in [0.25, 0.3) is 5.91 Å². The number of piperidine rings is 1. The molecule has 0 unspecified atom stereocenters. The minimum Gasteiger partial charge on any atom is -0.339 e. The van der Waals surface area contributed by atoms with E-state index in [1.165, 1.54) is 0 Å². The van der Waals surface area contributed by atoms with Crippen LogP contribution in [-0.4, -0.2) is 28.9 Å². The molecule has 1 aromatic carbocycles. The van der Waals surface area contributed by atoms with Gasteiger partial charge in [0, 0.05) is 41.5 Å². The second-order valence-corrected chi connectivity index (χ2v) is 6.35. The van der Waals surface area contributed by atoms with E-state index < -0.39 is 0 Å². The zero-order chi connectivity index (χ0) is 15.5. The molecule has 1 amide bonds. The van der Waals surface area contributed by atoms with Crippen LogP contribution in [0.25, 0.3) is 0 Å². The molecule has 0 saturated carbocycles. The summed E-state index contributed by atoms with van der Waals surface area (Å²) >= 11 is 11.8. The molecule has 0 N–H and O–H groups in total. The van der Waals surface area contributed by atoms with E-state index in [9.17, 15) is 4.79 Å². The minimum atomic E-state index is 0.0463. The average Bonchev–Trinajstić information content (AvgIpc) is 2.55. The van der Waals surface area contributed by atoms with Crippen LogP contribution in [-0.2, 0) is 0 Å². The molecule has 2 aromatic rings. The van der Waals surface area contributed by atoms with Gasteiger partial charge in [-0.2, -0.15) is 0 Å². The highest BCUT2D eigenvalue weighted by Gasteiger charge is 2.25. The van der Waals surface area contributed by atoms with Crippen molar-refractivity contribution < 1.29 is 4.79 Å². The average molecular weight is 335 g/mol. The Kier molecular flexibility index (Phi) is 4.65. The maximum atomic E-state index is 12.5. The molecular formula is C17H16Cl2N2O. The molecule has 5 heteroatoms. The number of aromatic nitrogens is 1. The number of hydrogen-bond donors (Lipinski definition) is 0. The first kappa shape index (κ1) is 15.3. The summed E-state index contributed by atoms with van der Waals surface area (Å²) in [6.07, 6.45) is 3.52. The monoisotopic (exact) mass is 334 g/mol. The molecule has 22 heavy (non-hydrogen) atoms. The van der Waals surface area contributed by atoms with Gasteiger partial charge < -0.3 is 4.90 Å². The van der Waals surface area contributed by atoms with E-state index in [0.717, 1.165) is 31.6 Å². The Hall–Kier alpha value is -1.58. The third-order valence-electron chi connectivity index (χ3n) is 4.02. The molecule has 1 fully saturated rings. The summed E-state index contributed by atoms with van der Waals surface area (Å²) in [5, 5.41) is 1.24. The summed E-state index contributed by atoms with van der Waals surface area (Å²) in [6, 6.07) is 10.9. The zero-order valence-corrected chi connectivity index (χ0v) is 13.5. The largest absolute Gasteiger partial charge is 0.339 e. The van der Waals surface area contributed by atoms with Gasteiger partial charge in [-0.05, 0) is 43.2 Å². The number of rotatable bonds is 2. The Morgan fingerprint density at radius 1 is 1.09 bits per heavy atom. The molecule has 0 aliphatic carbocycles. The first-order chi connectivity index (χ1) is 10.6. The summed E-state index contributed by atoms with van der Waals surface area (Å²) in [5.74, 6) is 0.436. The lowest BCUT2D eigenvalue weighted by Gasteiger charge is -2.31. The number of likely N-dealkylation sites (tertiary alicyclic amines) is 1. The van der Waals surface area contributed by atoms with Gasteiger partial charge >= 0.3 is 0 Å². The summed E-state index contributed by atoms with van der Waals surface area (Å²) in [5.41, 5.74) is 1.70. The molecule has 2 heterocycles. The van der Waals surface area contributed by atoms with Crippen LogP contribution in [0.5, 0.6) is 0 Å². The van der Waals surface area contributed by atoms with Crippen molar-refractivity contribution in [2.75, 3.05) is 13.1 Å². The summed E-state index contributed by atoms with van der Waals surface area (Å²) in [4.78, 5) is 18.7. The lowest BCUT2D eigenvalue weighted by atomic mass is 9.92. The third kappa shape index (κ3) is 3.42. The predicted molar refractivity (Wildman–Crippen MR) is 88.6 cm³/mol. The van der Waals surface area contributed by atoms with E-state index in [4.69, 9.17) is 23.2 Å². The minimum absolute atomic E-state index is 0.0463. The number of benzene rings is 1. The van der Waals surface area contributed by atoms with E-state index in [-0.39, 0.29) is 5.91 Å². The lowest BCUT2D eigenvalue weighted by molar-refractivity contribution is 0.0712. The fourth-order valence-electron chi connectivity index (χ4n) is 2.81. The van der Waals surface area contributed by atoms with Gasteiger partial charge in [-0.3, -0.25) is 9.78 Å². The van der Waals surface area contributed by atoms with Gasteiger partial charge in [-0.25, -0.2) is 0 Å². The second-order valence-electron chi connectivity index (χ2n) is 5.48. The number of hydrogen-bond acceptors (Lipinski definition) is 2.